The highest BCUT2D eigenvalue weighted by Gasteiger charge is 2.26. The zero-order chi connectivity index (χ0) is 42.3. The molecule has 0 bridgehead atoms. The first-order valence-electron chi connectivity index (χ1n) is 22.1. The first-order chi connectivity index (χ1) is 32.3. The zero-order valence-corrected chi connectivity index (χ0v) is 34.8. The molecule has 5 heteroatoms. The van der Waals surface area contributed by atoms with E-state index in [1.54, 1.807) is 0 Å². The van der Waals surface area contributed by atoms with E-state index in [0.717, 1.165) is 83.5 Å². The fourth-order valence-electron chi connectivity index (χ4n) is 11.1. The predicted octanol–water partition coefficient (Wildman–Crippen LogP) is 15.5. The topological polar surface area (TPSA) is 32.9 Å². The second-order valence-corrected chi connectivity index (χ2v) is 17.1. The van der Waals surface area contributed by atoms with E-state index in [1.165, 1.54) is 48.7 Å². The molecule has 1 aliphatic carbocycles. The lowest BCUT2D eigenvalue weighted by molar-refractivity contribution is 0.669. The van der Waals surface area contributed by atoms with Crippen LogP contribution in [0, 0.1) is 0 Å². The minimum Gasteiger partial charge on any atom is -0.456 e. The van der Waals surface area contributed by atoms with Crippen molar-refractivity contribution >= 4 is 110 Å². The van der Waals surface area contributed by atoms with Crippen molar-refractivity contribution in [3.8, 4) is 17.1 Å². The molecule has 300 valence electrons. The van der Waals surface area contributed by atoms with Gasteiger partial charge < -0.3 is 22.7 Å². The highest BCUT2D eigenvalue weighted by atomic mass is 16.3. The molecule has 0 aliphatic heterocycles. The molecule has 0 N–H and O–H groups in total. The number of para-hydroxylation sites is 7. The van der Waals surface area contributed by atoms with E-state index in [1.807, 2.05) is 0 Å². The molecular weight excluding hydrogens is 793 g/mol. The van der Waals surface area contributed by atoms with Crippen LogP contribution in [0.25, 0.3) is 127 Å². The monoisotopic (exact) mass is 826 g/mol. The van der Waals surface area contributed by atoms with E-state index >= 15 is 0 Å². The SMILES string of the molecule is C1=C=C(n2c3ccccc3c3ccccc32)c2c(c3ccccc3n2-c2ccc3oc4ccc(-n5c6ccccc6c6cccc(-n7c8ccccc8c8ccccc87)c65)cc4c3c2)C=1. The Balaban J connectivity index is 0.977. The molecule has 0 atom stereocenters. The fourth-order valence-corrected chi connectivity index (χ4v) is 11.1. The van der Waals surface area contributed by atoms with Crippen molar-refractivity contribution in [3.05, 3.63) is 223 Å². The summed E-state index contributed by atoms with van der Waals surface area (Å²) in [6.45, 7) is 0. The van der Waals surface area contributed by atoms with Crippen molar-refractivity contribution in [1.29, 1.82) is 0 Å². The summed E-state index contributed by atoms with van der Waals surface area (Å²) in [5, 5.41) is 10.6. The molecule has 0 saturated heterocycles. The molecule has 0 spiro atoms. The molecule has 0 fully saturated rings. The second kappa shape index (κ2) is 12.8. The average molecular weight is 827 g/mol. The summed E-state index contributed by atoms with van der Waals surface area (Å²) in [5.41, 5.74) is 23.2. The Bertz CT molecular complexity index is 4400. The van der Waals surface area contributed by atoms with Crippen molar-refractivity contribution in [1.82, 2.24) is 18.3 Å². The number of furan rings is 1. The molecule has 5 aromatic heterocycles. The van der Waals surface area contributed by atoms with Gasteiger partial charge in [0.2, 0.25) is 0 Å². The van der Waals surface area contributed by atoms with Crippen molar-refractivity contribution in [2.45, 2.75) is 0 Å². The smallest absolute Gasteiger partial charge is 0.135 e. The molecule has 0 radical (unpaired) electrons. The van der Waals surface area contributed by atoms with Crippen LogP contribution in [0.3, 0.4) is 0 Å². The Morgan fingerprint density at radius 3 is 1.32 bits per heavy atom. The van der Waals surface area contributed by atoms with Gasteiger partial charge in [0.1, 0.15) is 16.9 Å². The average Bonchev–Trinajstić information content (AvgIpc) is 4.17. The summed E-state index contributed by atoms with van der Waals surface area (Å²) >= 11 is 0. The first kappa shape index (κ1) is 34.6. The van der Waals surface area contributed by atoms with Crippen molar-refractivity contribution < 1.29 is 4.42 Å². The standard InChI is InChI=1S/C60H34N4O/c1-9-25-51-39(15-1)40-16-2-10-26-52(40)63(51)55-29-13-21-45-43-19-5-7-23-49(43)61(59(45)55)37-31-33-57-47(35-37)48-36-38(32-34-58(48)65-57)62-50-24-8-6-20-44(50)46-22-14-30-56(60(46)62)64-53-27-11-3-17-41(53)42-18-4-12-28-54(42)64/h1-13,15-29,31-36H. The van der Waals surface area contributed by atoms with Crippen molar-refractivity contribution in [3.63, 3.8) is 0 Å². The van der Waals surface area contributed by atoms with E-state index in [-0.39, 0.29) is 0 Å². The van der Waals surface area contributed by atoms with Gasteiger partial charge in [-0.15, -0.1) is 0 Å². The molecule has 5 heterocycles. The third-order valence-corrected chi connectivity index (χ3v) is 13.8. The summed E-state index contributed by atoms with van der Waals surface area (Å²) in [5.74, 6) is 0. The quantitative estimate of drug-likeness (QED) is 0.163. The lowest BCUT2D eigenvalue weighted by atomic mass is 10.1. The maximum atomic E-state index is 6.67. The molecular formula is C60H34N4O. The molecule has 1 aliphatic rings. The van der Waals surface area contributed by atoms with Crippen LogP contribution in [0.2, 0.25) is 0 Å². The minimum atomic E-state index is 0.845. The van der Waals surface area contributed by atoms with Crippen LogP contribution in [0.15, 0.2) is 216 Å². The van der Waals surface area contributed by atoms with Gasteiger partial charge in [0, 0.05) is 65.4 Å². The van der Waals surface area contributed by atoms with Crippen LogP contribution in [-0.4, -0.2) is 18.3 Å². The van der Waals surface area contributed by atoms with Crippen LogP contribution in [-0.2, 0) is 0 Å². The number of aromatic nitrogens is 4. The van der Waals surface area contributed by atoms with Gasteiger partial charge in [0.05, 0.1) is 50.0 Å². The normalized spacial score (nSPS) is 12.7. The largest absolute Gasteiger partial charge is 0.456 e. The molecule has 65 heavy (non-hydrogen) atoms. The third-order valence-electron chi connectivity index (χ3n) is 13.8. The number of fused-ring (bicyclic) bond motifs is 15. The van der Waals surface area contributed by atoms with Crippen LogP contribution in [0.1, 0.15) is 11.3 Å². The minimum absolute atomic E-state index is 0.845. The fraction of sp³-hybridized carbons (Fsp3) is 0. The first-order valence-corrected chi connectivity index (χ1v) is 22.1. The van der Waals surface area contributed by atoms with Gasteiger partial charge in [-0.05, 0) is 90.7 Å². The van der Waals surface area contributed by atoms with Crippen LogP contribution in [0.5, 0.6) is 0 Å². The van der Waals surface area contributed by atoms with E-state index in [9.17, 15) is 0 Å². The van der Waals surface area contributed by atoms with Crippen LogP contribution < -0.4 is 0 Å². The van der Waals surface area contributed by atoms with Crippen LogP contribution >= 0.6 is 0 Å². The Morgan fingerprint density at radius 1 is 0.338 bits per heavy atom. The van der Waals surface area contributed by atoms with Gasteiger partial charge in [0.15, 0.2) is 0 Å². The molecule has 14 aromatic rings. The molecule has 5 nitrogen and oxygen atoms in total. The molecule has 0 unspecified atom stereocenters. The number of rotatable bonds is 4. The number of benzene rings is 9. The highest BCUT2D eigenvalue weighted by molar-refractivity contribution is 6.16. The summed E-state index contributed by atoms with van der Waals surface area (Å²) < 4.78 is 16.3. The number of nitrogens with zero attached hydrogens (tertiary/aromatic N) is 4. The number of hydrogen-bond donors (Lipinski definition) is 0. The van der Waals surface area contributed by atoms with Gasteiger partial charge in [-0.1, -0.05) is 127 Å². The van der Waals surface area contributed by atoms with Gasteiger partial charge in [-0.3, -0.25) is 0 Å². The third kappa shape index (κ3) is 4.62. The summed E-state index contributed by atoms with van der Waals surface area (Å²) in [6.07, 6.45) is 2.09. The number of hydrogen-bond acceptors (Lipinski definition) is 1. The lowest BCUT2D eigenvalue weighted by Gasteiger charge is -2.17. The zero-order valence-electron chi connectivity index (χ0n) is 34.8. The Kier molecular flexibility index (Phi) is 6.81. The molecule has 0 saturated carbocycles. The highest BCUT2D eigenvalue weighted by Crippen LogP contribution is 2.44. The lowest BCUT2D eigenvalue weighted by Crippen LogP contribution is -2.07. The van der Waals surface area contributed by atoms with E-state index in [4.69, 9.17) is 4.42 Å². The second-order valence-electron chi connectivity index (χ2n) is 17.1. The summed E-state index contributed by atoms with van der Waals surface area (Å²) in [7, 11) is 0. The van der Waals surface area contributed by atoms with Gasteiger partial charge >= 0.3 is 0 Å². The Morgan fingerprint density at radius 2 is 0.769 bits per heavy atom. The molecule has 9 aromatic carbocycles. The van der Waals surface area contributed by atoms with Gasteiger partial charge in [-0.25, -0.2) is 0 Å². The van der Waals surface area contributed by atoms with Gasteiger partial charge in [0.25, 0.3) is 0 Å². The van der Waals surface area contributed by atoms with Gasteiger partial charge in [-0.2, -0.15) is 0 Å². The predicted molar refractivity (Wildman–Crippen MR) is 269 cm³/mol. The maximum Gasteiger partial charge on any atom is 0.135 e. The Labute approximate surface area is 371 Å². The van der Waals surface area contributed by atoms with Crippen molar-refractivity contribution in [2.24, 2.45) is 0 Å². The summed E-state index contributed by atoms with van der Waals surface area (Å²) in [6, 6.07) is 72.3. The Hall–Kier alpha value is -8.98. The summed E-state index contributed by atoms with van der Waals surface area (Å²) in [4.78, 5) is 0. The maximum absolute atomic E-state index is 6.67. The van der Waals surface area contributed by atoms with E-state index in [0.29, 0.717) is 0 Å². The molecule has 15 rings (SSSR count). The van der Waals surface area contributed by atoms with Crippen molar-refractivity contribution in [2.75, 3.05) is 0 Å². The van der Waals surface area contributed by atoms with E-state index in [2.05, 4.69) is 236 Å². The van der Waals surface area contributed by atoms with E-state index < -0.39 is 0 Å². The van der Waals surface area contributed by atoms with Crippen LogP contribution in [0.4, 0.5) is 0 Å². The molecule has 0 amide bonds.